The van der Waals surface area contributed by atoms with Gasteiger partial charge in [0, 0.05) is 58.9 Å². The summed E-state index contributed by atoms with van der Waals surface area (Å²) in [5.74, 6) is -4.23. The first kappa shape index (κ1) is 36.8. The van der Waals surface area contributed by atoms with E-state index in [-0.39, 0.29) is 51.1 Å². The number of aliphatic carboxylic acids is 3. The maximum absolute atomic E-state index is 12.8. The van der Waals surface area contributed by atoms with Crippen LogP contribution in [0.4, 0.5) is 0 Å². The highest BCUT2D eigenvalue weighted by atomic mass is 16.4. The average molecular weight is 629 g/mol. The minimum Gasteiger partial charge on any atom is -0.480 e. The number of nitrogens with zero attached hydrogens (tertiary/aromatic N) is 4. The Hall–Kier alpha value is -3.38. The Labute approximate surface area is 257 Å². The Balaban J connectivity index is 1.90. The van der Waals surface area contributed by atoms with Crippen LogP contribution in [0.2, 0.25) is 0 Å². The summed E-state index contributed by atoms with van der Waals surface area (Å²) in [5.41, 5.74) is 4.78. The highest BCUT2D eigenvalue weighted by Gasteiger charge is 2.40. The Morgan fingerprint density at radius 2 is 1.16 bits per heavy atom. The molecule has 0 spiro atoms. The van der Waals surface area contributed by atoms with Crippen molar-refractivity contribution in [3.63, 3.8) is 0 Å². The summed E-state index contributed by atoms with van der Waals surface area (Å²) in [6.45, 7) is 4.59. The van der Waals surface area contributed by atoms with Crippen molar-refractivity contribution in [1.82, 2.24) is 35.6 Å². The molecule has 2 saturated heterocycles. The van der Waals surface area contributed by atoms with Gasteiger partial charge in [0.25, 0.3) is 0 Å². The van der Waals surface area contributed by atoms with Crippen molar-refractivity contribution >= 4 is 35.6 Å². The van der Waals surface area contributed by atoms with E-state index in [2.05, 4.69) is 16.0 Å². The third-order valence-electron chi connectivity index (χ3n) is 7.91. The van der Waals surface area contributed by atoms with Gasteiger partial charge >= 0.3 is 17.9 Å². The number of carbonyl (C=O) groups is 6. The van der Waals surface area contributed by atoms with Gasteiger partial charge < -0.3 is 37.0 Å². The number of carboxylic acids is 3. The van der Waals surface area contributed by atoms with Crippen molar-refractivity contribution in [2.75, 3.05) is 91.6 Å². The SMILES string of the molecule is C[C@@]1(C(=O)N[C@H](CCCCNC(=O)CN2CCN(CC(=O)O)CCN(CC(=O)O)CCN(CC(=O)O)CC2)C(N)=O)CCN1. The number of carbonyl (C=O) groups excluding carboxylic acids is 3. The van der Waals surface area contributed by atoms with Gasteiger partial charge in [0.2, 0.25) is 17.7 Å². The molecule has 8 N–H and O–H groups in total. The molecule has 2 heterocycles. The molecule has 44 heavy (non-hydrogen) atoms. The number of hydrogen-bond donors (Lipinski definition) is 7. The van der Waals surface area contributed by atoms with Gasteiger partial charge in [0.15, 0.2) is 0 Å². The maximum Gasteiger partial charge on any atom is 0.317 e. The largest absolute Gasteiger partial charge is 0.480 e. The number of carboxylic acid groups (broad SMARTS) is 3. The third kappa shape index (κ3) is 13.9. The Morgan fingerprint density at radius 3 is 1.50 bits per heavy atom. The first-order chi connectivity index (χ1) is 20.8. The fourth-order valence-corrected chi connectivity index (χ4v) is 5.04. The lowest BCUT2D eigenvalue weighted by atomic mass is 9.89. The molecule has 0 aromatic heterocycles. The van der Waals surface area contributed by atoms with Gasteiger partial charge in [0.05, 0.1) is 31.7 Å². The molecule has 0 aromatic rings. The quantitative estimate of drug-likeness (QED) is 0.0820. The van der Waals surface area contributed by atoms with Crippen LogP contribution in [0.1, 0.15) is 32.6 Å². The standard InChI is InChI=1S/C27H48N8O9/c1-27(5-7-30-27)26(44)31-20(25(28)43)4-2-3-6-29-21(36)16-32-8-10-33(17-22(37)38)12-14-35(19-24(41)42)15-13-34(11-9-32)18-23(39)40/h20,30H,2-19H2,1H3,(H2,28,43)(H,29,36)(H,31,44)(H,37,38)(H,39,40)(H,41,42)/t20-,27+/m1/s1. The van der Waals surface area contributed by atoms with Crippen LogP contribution in [-0.2, 0) is 28.8 Å². The van der Waals surface area contributed by atoms with Gasteiger partial charge in [-0.3, -0.25) is 48.4 Å². The highest BCUT2D eigenvalue weighted by Crippen LogP contribution is 2.18. The summed E-state index contributed by atoms with van der Waals surface area (Å²) in [4.78, 5) is 78.1. The molecular weight excluding hydrogens is 580 g/mol. The van der Waals surface area contributed by atoms with E-state index in [1.807, 2.05) is 4.90 Å². The second-order valence-corrected chi connectivity index (χ2v) is 11.6. The molecule has 0 bridgehead atoms. The molecule has 17 nitrogen and oxygen atoms in total. The smallest absolute Gasteiger partial charge is 0.317 e. The van der Waals surface area contributed by atoms with Gasteiger partial charge in [-0.15, -0.1) is 0 Å². The zero-order valence-corrected chi connectivity index (χ0v) is 25.5. The second-order valence-electron chi connectivity index (χ2n) is 11.6. The number of amides is 3. The van der Waals surface area contributed by atoms with E-state index in [9.17, 15) is 44.1 Å². The van der Waals surface area contributed by atoms with Crippen LogP contribution in [0, 0.1) is 0 Å². The van der Waals surface area contributed by atoms with Crippen molar-refractivity contribution < 1.29 is 44.1 Å². The lowest BCUT2D eigenvalue weighted by Crippen LogP contribution is -2.65. The summed E-state index contributed by atoms with van der Waals surface area (Å²) < 4.78 is 0. The van der Waals surface area contributed by atoms with Crippen molar-refractivity contribution in [2.24, 2.45) is 5.73 Å². The van der Waals surface area contributed by atoms with Gasteiger partial charge in [0.1, 0.15) is 6.04 Å². The van der Waals surface area contributed by atoms with Crippen LogP contribution in [0.15, 0.2) is 0 Å². The topological polar surface area (TPSA) is 238 Å². The minimum absolute atomic E-state index is 0.0124. The van der Waals surface area contributed by atoms with E-state index in [1.54, 1.807) is 21.6 Å². The predicted octanol–water partition coefficient (Wildman–Crippen LogP) is -3.53. The molecule has 2 aliphatic heterocycles. The molecule has 2 fully saturated rings. The molecule has 0 saturated carbocycles. The van der Waals surface area contributed by atoms with Gasteiger partial charge in [-0.2, -0.15) is 0 Å². The first-order valence-electron chi connectivity index (χ1n) is 14.9. The van der Waals surface area contributed by atoms with Crippen molar-refractivity contribution in [2.45, 2.75) is 44.2 Å². The number of primary amides is 1. The van der Waals surface area contributed by atoms with E-state index < -0.39 is 35.4 Å². The predicted molar refractivity (Wildman–Crippen MR) is 158 cm³/mol. The summed E-state index contributed by atoms with van der Waals surface area (Å²) in [5, 5.41) is 36.6. The number of nitrogens with one attached hydrogen (secondary N) is 3. The second kappa shape index (κ2) is 18.4. The highest BCUT2D eigenvalue weighted by molar-refractivity contribution is 5.91. The molecule has 250 valence electrons. The zero-order chi connectivity index (χ0) is 32.7. The lowest BCUT2D eigenvalue weighted by Gasteiger charge is -2.39. The van der Waals surface area contributed by atoms with Crippen molar-refractivity contribution in [1.29, 1.82) is 0 Å². The van der Waals surface area contributed by atoms with Gasteiger partial charge in [-0.05, 0) is 39.2 Å². The Kier molecular flexibility index (Phi) is 15.4. The third-order valence-corrected chi connectivity index (χ3v) is 7.91. The number of unbranched alkanes of at least 4 members (excludes halogenated alkanes) is 1. The van der Waals surface area contributed by atoms with E-state index in [0.717, 1.165) is 6.54 Å². The van der Waals surface area contributed by atoms with E-state index in [4.69, 9.17) is 5.73 Å². The maximum atomic E-state index is 12.8. The van der Waals surface area contributed by atoms with E-state index in [0.29, 0.717) is 71.5 Å². The van der Waals surface area contributed by atoms with Crippen LogP contribution in [0.3, 0.4) is 0 Å². The molecule has 0 aromatic carbocycles. The summed E-state index contributed by atoms with van der Waals surface area (Å²) >= 11 is 0. The zero-order valence-electron chi connectivity index (χ0n) is 25.5. The molecule has 17 heteroatoms. The molecule has 3 amide bonds. The number of hydrogen-bond acceptors (Lipinski definition) is 11. The van der Waals surface area contributed by atoms with Crippen molar-refractivity contribution in [3.05, 3.63) is 0 Å². The monoisotopic (exact) mass is 628 g/mol. The molecule has 0 aliphatic carbocycles. The molecule has 2 atom stereocenters. The van der Waals surface area contributed by atoms with Gasteiger partial charge in [-0.25, -0.2) is 0 Å². The summed E-state index contributed by atoms with van der Waals surface area (Å²) in [6.07, 6.45) is 2.09. The van der Waals surface area contributed by atoms with E-state index in [1.165, 1.54) is 0 Å². The minimum atomic E-state index is -1.03. The van der Waals surface area contributed by atoms with E-state index >= 15 is 0 Å². The normalized spacial score (nSPS) is 22.0. The molecule has 0 radical (unpaired) electrons. The molecular formula is C27H48N8O9. The molecule has 2 rings (SSSR count). The number of rotatable bonds is 16. The summed E-state index contributed by atoms with van der Waals surface area (Å²) in [6, 6.07) is -0.807. The van der Waals surface area contributed by atoms with Gasteiger partial charge in [-0.1, -0.05) is 0 Å². The lowest BCUT2D eigenvalue weighted by molar-refractivity contribution is -0.140. The average Bonchev–Trinajstić information content (AvgIpc) is 2.91. The first-order valence-corrected chi connectivity index (χ1v) is 14.9. The molecule has 0 unspecified atom stereocenters. The fraction of sp³-hybridized carbons (Fsp3) is 0.778. The van der Waals surface area contributed by atoms with Crippen LogP contribution in [0.5, 0.6) is 0 Å². The molecule has 2 aliphatic rings. The van der Waals surface area contributed by atoms with Crippen LogP contribution >= 0.6 is 0 Å². The van der Waals surface area contributed by atoms with Crippen LogP contribution in [0.25, 0.3) is 0 Å². The summed E-state index contributed by atoms with van der Waals surface area (Å²) in [7, 11) is 0. The fourth-order valence-electron chi connectivity index (χ4n) is 5.04. The van der Waals surface area contributed by atoms with Crippen LogP contribution < -0.4 is 21.7 Å². The van der Waals surface area contributed by atoms with Crippen LogP contribution in [-0.4, -0.2) is 174 Å². The number of nitrogens with two attached hydrogens (primary N) is 1. The Morgan fingerprint density at radius 1 is 0.750 bits per heavy atom. The van der Waals surface area contributed by atoms with Crippen molar-refractivity contribution in [3.8, 4) is 0 Å². The Bertz CT molecular complexity index is 978.